The Morgan fingerprint density at radius 1 is 1.27 bits per heavy atom. The van der Waals surface area contributed by atoms with E-state index in [1.807, 2.05) is 0 Å². The van der Waals surface area contributed by atoms with Gasteiger partial charge in [-0.2, -0.15) is 0 Å². The molecule has 0 bridgehead atoms. The molecule has 1 aliphatic rings. The highest BCUT2D eigenvalue weighted by Crippen LogP contribution is 2.24. The van der Waals surface area contributed by atoms with E-state index in [1.54, 1.807) is 0 Å². The van der Waals surface area contributed by atoms with Crippen LogP contribution in [0.4, 0.5) is 0 Å². The summed E-state index contributed by atoms with van der Waals surface area (Å²) in [5, 5.41) is 3.52. The lowest BCUT2D eigenvalue weighted by atomic mass is 9.92. The van der Waals surface area contributed by atoms with Crippen molar-refractivity contribution in [2.24, 2.45) is 0 Å². The van der Waals surface area contributed by atoms with Crippen LogP contribution in [0.2, 0.25) is 0 Å². The lowest BCUT2D eigenvalue weighted by molar-refractivity contribution is -0.105. The van der Waals surface area contributed by atoms with Gasteiger partial charge >= 0.3 is 0 Å². The van der Waals surface area contributed by atoms with E-state index in [0.29, 0.717) is 6.04 Å². The SMILES string of the molecule is CC1NC(C)(C)COC1(C)C. The van der Waals surface area contributed by atoms with Gasteiger partial charge in [0.25, 0.3) is 0 Å². The Labute approximate surface area is 69.3 Å². The Balaban J connectivity index is 2.63. The second-order valence-electron chi connectivity index (χ2n) is 4.64. The van der Waals surface area contributed by atoms with Gasteiger partial charge in [0.2, 0.25) is 0 Å². The Hall–Kier alpha value is -0.0800. The van der Waals surface area contributed by atoms with Gasteiger partial charge in [-0.15, -0.1) is 0 Å². The van der Waals surface area contributed by atoms with Gasteiger partial charge in [0.1, 0.15) is 0 Å². The summed E-state index contributed by atoms with van der Waals surface area (Å²) in [5.41, 5.74) is 0.116. The van der Waals surface area contributed by atoms with Crippen LogP contribution in [-0.4, -0.2) is 23.8 Å². The summed E-state index contributed by atoms with van der Waals surface area (Å²) in [6.07, 6.45) is 0. The van der Waals surface area contributed by atoms with E-state index in [2.05, 4.69) is 39.9 Å². The van der Waals surface area contributed by atoms with Crippen LogP contribution in [0.15, 0.2) is 0 Å². The molecule has 1 aliphatic heterocycles. The first-order chi connectivity index (χ1) is 4.83. The summed E-state index contributed by atoms with van der Waals surface area (Å²) in [6.45, 7) is 11.5. The third-order valence-corrected chi connectivity index (χ3v) is 2.46. The zero-order valence-electron chi connectivity index (χ0n) is 8.19. The third kappa shape index (κ3) is 1.94. The van der Waals surface area contributed by atoms with E-state index >= 15 is 0 Å². The molecular formula is C9H19NO. The Morgan fingerprint density at radius 2 is 1.82 bits per heavy atom. The molecule has 1 atom stereocenters. The third-order valence-electron chi connectivity index (χ3n) is 2.46. The highest BCUT2D eigenvalue weighted by molar-refractivity contribution is 4.94. The van der Waals surface area contributed by atoms with E-state index < -0.39 is 0 Å². The molecule has 0 aromatic carbocycles. The first-order valence-electron chi connectivity index (χ1n) is 4.25. The maximum atomic E-state index is 5.73. The monoisotopic (exact) mass is 157 g/mol. The molecule has 0 radical (unpaired) electrons. The minimum absolute atomic E-state index is 0.0183. The van der Waals surface area contributed by atoms with E-state index in [0.717, 1.165) is 6.61 Å². The molecule has 1 heterocycles. The van der Waals surface area contributed by atoms with E-state index in [4.69, 9.17) is 4.74 Å². The predicted octanol–water partition coefficient (Wildman–Crippen LogP) is 1.55. The van der Waals surface area contributed by atoms with Crippen molar-refractivity contribution in [1.29, 1.82) is 0 Å². The van der Waals surface area contributed by atoms with Crippen molar-refractivity contribution in [3.8, 4) is 0 Å². The molecule has 66 valence electrons. The van der Waals surface area contributed by atoms with Crippen LogP contribution >= 0.6 is 0 Å². The lowest BCUT2D eigenvalue weighted by Gasteiger charge is -2.45. The van der Waals surface area contributed by atoms with Gasteiger partial charge in [-0.3, -0.25) is 0 Å². The van der Waals surface area contributed by atoms with Crippen LogP contribution in [0, 0.1) is 0 Å². The summed E-state index contributed by atoms with van der Waals surface area (Å²) in [4.78, 5) is 0. The molecule has 2 nitrogen and oxygen atoms in total. The molecule has 1 rings (SSSR count). The number of rotatable bonds is 0. The average Bonchev–Trinajstić information content (AvgIpc) is 1.81. The van der Waals surface area contributed by atoms with Crippen molar-refractivity contribution in [3.05, 3.63) is 0 Å². The van der Waals surface area contributed by atoms with Crippen LogP contribution < -0.4 is 5.32 Å². The van der Waals surface area contributed by atoms with E-state index in [1.165, 1.54) is 0 Å². The number of hydrogen-bond donors (Lipinski definition) is 1. The van der Waals surface area contributed by atoms with Crippen molar-refractivity contribution in [2.45, 2.75) is 51.8 Å². The predicted molar refractivity (Wildman–Crippen MR) is 46.7 cm³/mol. The maximum absolute atomic E-state index is 5.73. The molecule has 0 spiro atoms. The molecule has 1 unspecified atom stereocenters. The van der Waals surface area contributed by atoms with Gasteiger partial charge < -0.3 is 10.1 Å². The Bertz CT molecular complexity index is 152. The fourth-order valence-electron chi connectivity index (χ4n) is 1.29. The number of hydrogen-bond acceptors (Lipinski definition) is 2. The Morgan fingerprint density at radius 3 is 2.18 bits per heavy atom. The second kappa shape index (κ2) is 2.46. The lowest BCUT2D eigenvalue weighted by Crippen LogP contribution is -2.62. The van der Waals surface area contributed by atoms with Crippen molar-refractivity contribution in [2.75, 3.05) is 6.61 Å². The standard InChI is InChI=1S/C9H19NO/c1-7-9(4,5)11-6-8(2,3)10-7/h7,10H,6H2,1-5H3. The maximum Gasteiger partial charge on any atom is 0.0777 e. The van der Waals surface area contributed by atoms with Crippen LogP contribution in [0.25, 0.3) is 0 Å². The molecular weight excluding hydrogens is 138 g/mol. The summed E-state index contributed by atoms with van der Waals surface area (Å²) < 4.78 is 5.73. The highest BCUT2D eigenvalue weighted by Gasteiger charge is 2.37. The topological polar surface area (TPSA) is 21.3 Å². The first-order valence-corrected chi connectivity index (χ1v) is 4.25. The van der Waals surface area contributed by atoms with Gasteiger partial charge in [-0.1, -0.05) is 0 Å². The van der Waals surface area contributed by atoms with Gasteiger partial charge in [0.15, 0.2) is 0 Å². The second-order valence-corrected chi connectivity index (χ2v) is 4.64. The van der Waals surface area contributed by atoms with E-state index in [9.17, 15) is 0 Å². The molecule has 1 N–H and O–H groups in total. The van der Waals surface area contributed by atoms with Gasteiger partial charge in [0.05, 0.1) is 12.2 Å². The number of nitrogens with one attached hydrogen (secondary N) is 1. The smallest absolute Gasteiger partial charge is 0.0777 e. The van der Waals surface area contributed by atoms with Gasteiger partial charge in [0, 0.05) is 11.6 Å². The summed E-state index contributed by atoms with van der Waals surface area (Å²) in [5.74, 6) is 0. The quantitative estimate of drug-likeness (QED) is 0.576. The van der Waals surface area contributed by atoms with Crippen molar-refractivity contribution < 1.29 is 4.74 Å². The molecule has 1 fully saturated rings. The first kappa shape index (κ1) is 9.01. The van der Waals surface area contributed by atoms with Crippen LogP contribution in [0.5, 0.6) is 0 Å². The van der Waals surface area contributed by atoms with Crippen molar-refractivity contribution >= 4 is 0 Å². The average molecular weight is 157 g/mol. The Kier molecular flexibility index (Phi) is 2.01. The van der Waals surface area contributed by atoms with Gasteiger partial charge in [-0.05, 0) is 34.6 Å². The molecule has 0 saturated carbocycles. The molecule has 0 aromatic heterocycles. The molecule has 11 heavy (non-hydrogen) atoms. The zero-order chi connectivity index (χ0) is 8.70. The molecule has 0 amide bonds. The van der Waals surface area contributed by atoms with E-state index in [-0.39, 0.29) is 11.1 Å². The van der Waals surface area contributed by atoms with Crippen molar-refractivity contribution in [3.63, 3.8) is 0 Å². The number of ether oxygens (including phenoxy) is 1. The molecule has 0 aromatic rings. The number of morpholine rings is 1. The zero-order valence-corrected chi connectivity index (χ0v) is 8.19. The fourth-order valence-corrected chi connectivity index (χ4v) is 1.29. The molecule has 1 saturated heterocycles. The van der Waals surface area contributed by atoms with Crippen molar-refractivity contribution in [1.82, 2.24) is 5.32 Å². The molecule has 2 heteroatoms. The summed E-state index contributed by atoms with van der Waals surface area (Å²) >= 11 is 0. The molecule has 0 aliphatic carbocycles. The minimum Gasteiger partial charge on any atom is -0.372 e. The summed E-state index contributed by atoms with van der Waals surface area (Å²) in [7, 11) is 0. The van der Waals surface area contributed by atoms with Crippen LogP contribution in [0.1, 0.15) is 34.6 Å². The largest absolute Gasteiger partial charge is 0.372 e. The van der Waals surface area contributed by atoms with Gasteiger partial charge in [-0.25, -0.2) is 0 Å². The summed E-state index contributed by atoms with van der Waals surface area (Å²) in [6, 6.07) is 0.422. The normalized spacial score (nSPS) is 35.2. The van der Waals surface area contributed by atoms with Crippen LogP contribution in [-0.2, 0) is 4.74 Å². The highest BCUT2D eigenvalue weighted by atomic mass is 16.5. The minimum atomic E-state index is -0.0183. The fraction of sp³-hybridized carbons (Fsp3) is 1.00. The van der Waals surface area contributed by atoms with Crippen LogP contribution in [0.3, 0.4) is 0 Å².